The second-order valence-electron chi connectivity index (χ2n) is 7.38. The van der Waals surface area contributed by atoms with Crippen molar-refractivity contribution < 1.29 is 14.4 Å². The molecule has 0 bridgehead atoms. The molecule has 1 aromatic heterocycles. The van der Waals surface area contributed by atoms with E-state index in [0.717, 1.165) is 41.4 Å². The molecule has 0 radical (unpaired) electrons. The van der Waals surface area contributed by atoms with E-state index in [0.29, 0.717) is 23.2 Å². The molecule has 1 saturated heterocycles. The summed E-state index contributed by atoms with van der Waals surface area (Å²) in [5, 5.41) is 6.86. The molecule has 3 N–H and O–H groups in total. The predicted octanol–water partition coefficient (Wildman–Crippen LogP) is 2.03. The second kappa shape index (κ2) is 6.45. The van der Waals surface area contributed by atoms with Crippen LogP contribution in [0.3, 0.4) is 0 Å². The highest BCUT2D eigenvalue weighted by molar-refractivity contribution is 6.30. The summed E-state index contributed by atoms with van der Waals surface area (Å²) in [7, 11) is 0. The van der Waals surface area contributed by atoms with Gasteiger partial charge in [-0.2, -0.15) is 0 Å². The first-order valence-corrected chi connectivity index (χ1v) is 9.56. The highest BCUT2D eigenvalue weighted by Crippen LogP contribution is 2.33. The third-order valence-corrected chi connectivity index (χ3v) is 5.64. The number of nitrogens with zero attached hydrogens (tertiary/aromatic N) is 1. The number of carbonyl (C=O) groups is 3. The molecule has 3 heterocycles. The number of aromatic nitrogens is 1. The smallest absolute Gasteiger partial charge is 0.259 e. The zero-order valence-corrected chi connectivity index (χ0v) is 15.3. The number of imide groups is 1. The fourth-order valence-electron chi connectivity index (χ4n) is 4.23. The summed E-state index contributed by atoms with van der Waals surface area (Å²) in [5.41, 5.74) is 2.89. The zero-order valence-electron chi connectivity index (χ0n) is 15.3. The SMILES string of the molecule is O=C(NCCN1CCCC1)c1ccc2c(c1)[nH]c1ccc3c(c12)C(=O)NC3=O. The lowest BCUT2D eigenvalue weighted by atomic mass is 10.0. The minimum Gasteiger partial charge on any atom is -0.354 e. The molecule has 5 rings (SSSR count). The van der Waals surface area contributed by atoms with Crippen LogP contribution in [0.15, 0.2) is 30.3 Å². The molecule has 1 fully saturated rings. The predicted molar refractivity (Wildman–Crippen MR) is 106 cm³/mol. The topological polar surface area (TPSA) is 94.3 Å². The summed E-state index contributed by atoms with van der Waals surface area (Å²) >= 11 is 0. The van der Waals surface area contributed by atoms with Crippen molar-refractivity contribution in [2.45, 2.75) is 12.8 Å². The van der Waals surface area contributed by atoms with E-state index < -0.39 is 0 Å². The molecule has 0 atom stereocenters. The van der Waals surface area contributed by atoms with Crippen LogP contribution < -0.4 is 10.6 Å². The van der Waals surface area contributed by atoms with Gasteiger partial charge in [-0.1, -0.05) is 6.07 Å². The average Bonchev–Trinajstić information content (AvgIpc) is 3.39. The van der Waals surface area contributed by atoms with E-state index in [2.05, 4.69) is 20.5 Å². The van der Waals surface area contributed by atoms with Gasteiger partial charge in [0.05, 0.1) is 11.1 Å². The van der Waals surface area contributed by atoms with Gasteiger partial charge in [-0.25, -0.2) is 0 Å². The monoisotopic (exact) mass is 376 g/mol. The summed E-state index contributed by atoms with van der Waals surface area (Å²) in [6.45, 7) is 3.71. The molecule has 142 valence electrons. The highest BCUT2D eigenvalue weighted by Gasteiger charge is 2.30. The maximum atomic E-state index is 12.5. The van der Waals surface area contributed by atoms with Gasteiger partial charge < -0.3 is 15.2 Å². The van der Waals surface area contributed by atoms with E-state index in [1.165, 1.54) is 12.8 Å². The standard InChI is InChI=1S/C21H20N4O3/c26-19(22-7-10-25-8-1-2-9-25)12-3-4-13-16(11-12)23-15-6-5-14-18(17(13)15)21(28)24-20(14)27/h3-6,11,23H,1-2,7-10H2,(H,22,26)(H,24,27,28). The molecule has 3 aromatic rings. The van der Waals surface area contributed by atoms with E-state index in [1.807, 2.05) is 6.07 Å². The minimum atomic E-state index is -0.379. The molecule has 0 aliphatic carbocycles. The summed E-state index contributed by atoms with van der Waals surface area (Å²) in [6, 6.07) is 8.83. The van der Waals surface area contributed by atoms with Crippen molar-refractivity contribution >= 4 is 39.5 Å². The van der Waals surface area contributed by atoms with E-state index in [-0.39, 0.29) is 17.7 Å². The molecule has 0 spiro atoms. The van der Waals surface area contributed by atoms with Gasteiger partial charge in [0.2, 0.25) is 0 Å². The van der Waals surface area contributed by atoms with Gasteiger partial charge in [0.15, 0.2) is 0 Å². The van der Waals surface area contributed by atoms with Crippen molar-refractivity contribution in [3.8, 4) is 0 Å². The van der Waals surface area contributed by atoms with Crippen molar-refractivity contribution in [2.24, 2.45) is 0 Å². The van der Waals surface area contributed by atoms with Crippen LogP contribution in [0.4, 0.5) is 0 Å². The van der Waals surface area contributed by atoms with Crippen molar-refractivity contribution in [3.05, 3.63) is 47.0 Å². The van der Waals surface area contributed by atoms with Crippen molar-refractivity contribution in [3.63, 3.8) is 0 Å². The number of H-pyrrole nitrogens is 1. The van der Waals surface area contributed by atoms with E-state index in [1.54, 1.807) is 24.3 Å². The molecule has 28 heavy (non-hydrogen) atoms. The Bertz CT molecular complexity index is 1140. The van der Waals surface area contributed by atoms with Crippen LogP contribution in [-0.4, -0.2) is 53.8 Å². The van der Waals surface area contributed by atoms with Crippen LogP contribution >= 0.6 is 0 Å². The first-order chi connectivity index (χ1) is 13.6. The number of hydrogen-bond donors (Lipinski definition) is 3. The van der Waals surface area contributed by atoms with Crippen LogP contribution in [0, 0.1) is 0 Å². The summed E-state index contributed by atoms with van der Waals surface area (Å²) in [5.74, 6) is -0.863. The molecule has 7 heteroatoms. The highest BCUT2D eigenvalue weighted by atomic mass is 16.2. The Hall–Kier alpha value is -3.19. The Morgan fingerprint density at radius 3 is 2.68 bits per heavy atom. The van der Waals surface area contributed by atoms with Crippen LogP contribution in [0.1, 0.15) is 43.9 Å². The van der Waals surface area contributed by atoms with E-state index in [4.69, 9.17) is 0 Å². The van der Waals surface area contributed by atoms with E-state index in [9.17, 15) is 14.4 Å². The molecule has 2 aromatic carbocycles. The Labute approximate surface area is 161 Å². The number of aromatic amines is 1. The first kappa shape index (κ1) is 16.9. The lowest BCUT2D eigenvalue weighted by Crippen LogP contribution is -2.33. The zero-order chi connectivity index (χ0) is 19.3. The number of likely N-dealkylation sites (tertiary alicyclic amines) is 1. The molecule has 0 unspecified atom stereocenters. The van der Waals surface area contributed by atoms with Gasteiger partial charge in [-0.15, -0.1) is 0 Å². The number of nitrogens with one attached hydrogen (secondary N) is 3. The first-order valence-electron chi connectivity index (χ1n) is 9.56. The Morgan fingerprint density at radius 1 is 1.04 bits per heavy atom. The summed E-state index contributed by atoms with van der Waals surface area (Å²) in [4.78, 5) is 42.3. The fourth-order valence-corrected chi connectivity index (χ4v) is 4.23. The van der Waals surface area contributed by atoms with Gasteiger partial charge in [-0.3, -0.25) is 19.7 Å². The van der Waals surface area contributed by atoms with E-state index >= 15 is 0 Å². The lowest BCUT2D eigenvalue weighted by molar-refractivity contribution is 0.0878. The van der Waals surface area contributed by atoms with Crippen molar-refractivity contribution in [1.29, 1.82) is 0 Å². The third kappa shape index (κ3) is 2.66. The minimum absolute atomic E-state index is 0.113. The van der Waals surface area contributed by atoms with Gasteiger partial charge in [0.25, 0.3) is 17.7 Å². The largest absolute Gasteiger partial charge is 0.354 e. The molecular weight excluding hydrogens is 356 g/mol. The molecule has 2 aliphatic rings. The van der Waals surface area contributed by atoms with Gasteiger partial charge >= 0.3 is 0 Å². The van der Waals surface area contributed by atoms with Crippen LogP contribution in [-0.2, 0) is 0 Å². The molecule has 2 aliphatic heterocycles. The Kier molecular flexibility index (Phi) is 3.91. The number of rotatable bonds is 4. The maximum Gasteiger partial charge on any atom is 0.259 e. The van der Waals surface area contributed by atoms with Crippen molar-refractivity contribution in [2.75, 3.05) is 26.2 Å². The average molecular weight is 376 g/mol. The third-order valence-electron chi connectivity index (χ3n) is 5.64. The van der Waals surface area contributed by atoms with Crippen LogP contribution in [0.2, 0.25) is 0 Å². The Balaban J connectivity index is 1.44. The Morgan fingerprint density at radius 2 is 1.86 bits per heavy atom. The fraction of sp³-hybridized carbons (Fsp3) is 0.286. The summed E-state index contributed by atoms with van der Waals surface area (Å²) < 4.78 is 0. The van der Waals surface area contributed by atoms with Crippen LogP contribution in [0.5, 0.6) is 0 Å². The van der Waals surface area contributed by atoms with Gasteiger partial charge in [0, 0.05) is 40.5 Å². The molecule has 0 saturated carbocycles. The molecule has 3 amide bonds. The summed E-state index contributed by atoms with van der Waals surface area (Å²) in [6.07, 6.45) is 2.47. The lowest BCUT2D eigenvalue weighted by Gasteiger charge is -2.14. The molecular formula is C21H20N4O3. The van der Waals surface area contributed by atoms with Gasteiger partial charge in [-0.05, 0) is 50.2 Å². The number of fused-ring (bicyclic) bond motifs is 5. The van der Waals surface area contributed by atoms with Crippen LogP contribution in [0.25, 0.3) is 21.8 Å². The normalized spacial score (nSPS) is 16.7. The quantitative estimate of drug-likeness (QED) is 0.607. The number of hydrogen-bond acceptors (Lipinski definition) is 4. The van der Waals surface area contributed by atoms with Gasteiger partial charge in [0.1, 0.15) is 0 Å². The number of benzene rings is 2. The molecule has 7 nitrogen and oxygen atoms in total. The number of amides is 3. The number of carbonyl (C=O) groups excluding carboxylic acids is 3. The maximum absolute atomic E-state index is 12.5. The van der Waals surface area contributed by atoms with Crippen molar-refractivity contribution in [1.82, 2.24) is 20.5 Å². The second-order valence-corrected chi connectivity index (χ2v) is 7.38.